The minimum Gasteiger partial charge on any atom is -0.493 e. The second-order valence-corrected chi connectivity index (χ2v) is 5.67. The van der Waals surface area contributed by atoms with E-state index in [0.29, 0.717) is 6.61 Å². The predicted octanol–water partition coefficient (Wildman–Crippen LogP) is 1.97. The van der Waals surface area contributed by atoms with Gasteiger partial charge >= 0.3 is 0 Å². The van der Waals surface area contributed by atoms with E-state index in [-0.39, 0.29) is 5.92 Å². The number of benzene rings is 1. The molecule has 21 heavy (non-hydrogen) atoms. The third kappa shape index (κ3) is 2.14. The molecule has 0 saturated carbocycles. The van der Waals surface area contributed by atoms with Crippen LogP contribution in [0.2, 0.25) is 0 Å². The zero-order valence-corrected chi connectivity index (χ0v) is 11.8. The Hall–Kier alpha value is -2.14. The molecule has 2 aliphatic rings. The van der Waals surface area contributed by atoms with Gasteiger partial charge in [-0.25, -0.2) is 15.8 Å². The number of aromatic nitrogens is 2. The third-order valence-corrected chi connectivity index (χ3v) is 4.33. The van der Waals surface area contributed by atoms with Crippen molar-refractivity contribution in [3.05, 3.63) is 46.9 Å². The van der Waals surface area contributed by atoms with Crippen LogP contribution in [0, 0.1) is 0 Å². The second-order valence-electron chi connectivity index (χ2n) is 5.67. The Morgan fingerprint density at radius 1 is 1.19 bits per heavy atom. The Morgan fingerprint density at radius 3 is 3.00 bits per heavy atom. The molecule has 1 aromatic heterocycles. The number of nitrogens with one attached hydrogen (secondary N) is 1. The fourth-order valence-corrected chi connectivity index (χ4v) is 3.25. The highest BCUT2D eigenvalue weighted by Gasteiger charge is 2.26. The molecule has 5 heteroatoms. The van der Waals surface area contributed by atoms with Gasteiger partial charge in [-0.1, -0.05) is 18.2 Å². The number of rotatable bonds is 2. The summed E-state index contributed by atoms with van der Waals surface area (Å²) < 4.78 is 5.85. The van der Waals surface area contributed by atoms with E-state index in [9.17, 15) is 0 Å². The Balaban J connectivity index is 1.69. The molecule has 1 aromatic carbocycles. The van der Waals surface area contributed by atoms with Crippen LogP contribution in [0.3, 0.4) is 0 Å². The molecule has 0 radical (unpaired) electrons. The number of nitrogen functional groups attached to an aromatic ring is 1. The van der Waals surface area contributed by atoms with Crippen LogP contribution in [0.1, 0.15) is 35.0 Å². The van der Waals surface area contributed by atoms with Gasteiger partial charge in [0.25, 0.3) is 0 Å². The number of ether oxygens (including phenoxy) is 1. The first-order valence-corrected chi connectivity index (χ1v) is 7.42. The average molecular weight is 282 g/mol. The monoisotopic (exact) mass is 282 g/mol. The van der Waals surface area contributed by atoms with Crippen molar-refractivity contribution in [1.82, 2.24) is 9.97 Å². The molecule has 0 fully saturated rings. The van der Waals surface area contributed by atoms with E-state index < -0.39 is 0 Å². The van der Waals surface area contributed by atoms with E-state index in [1.807, 2.05) is 18.2 Å². The molecule has 3 N–H and O–H groups in total. The van der Waals surface area contributed by atoms with Crippen molar-refractivity contribution in [2.75, 3.05) is 12.0 Å². The van der Waals surface area contributed by atoms with Gasteiger partial charge in [-0.05, 0) is 37.3 Å². The first kappa shape index (κ1) is 12.6. The van der Waals surface area contributed by atoms with Crippen molar-refractivity contribution in [2.45, 2.75) is 31.6 Å². The first-order chi connectivity index (χ1) is 10.3. The summed E-state index contributed by atoms with van der Waals surface area (Å²) in [5.74, 6) is 8.43. The summed E-state index contributed by atoms with van der Waals surface area (Å²) in [4.78, 5) is 9.40. The van der Waals surface area contributed by atoms with Crippen LogP contribution in [0.5, 0.6) is 5.75 Å². The summed E-state index contributed by atoms with van der Waals surface area (Å²) in [6.45, 7) is 0.625. The van der Waals surface area contributed by atoms with E-state index in [2.05, 4.69) is 16.5 Å². The number of para-hydroxylation sites is 1. The Kier molecular flexibility index (Phi) is 3.00. The van der Waals surface area contributed by atoms with Gasteiger partial charge < -0.3 is 10.2 Å². The summed E-state index contributed by atoms with van der Waals surface area (Å²) in [5, 5.41) is 0. The lowest BCUT2D eigenvalue weighted by atomic mass is 9.96. The van der Waals surface area contributed by atoms with E-state index in [1.54, 1.807) is 0 Å². The highest BCUT2D eigenvalue weighted by molar-refractivity contribution is 5.48. The molecule has 2 aromatic rings. The molecular weight excluding hydrogens is 264 g/mol. The number of hydrogen-bond acceptors (Lipinski definition) is 5. The molecule has 1 atom stereocenters. The molecule has 0 amide bonds. The van der Waals surface area contributed by atoms with E-state index in [0.717, 1.165) is 48.8 Å². The predicted molar refractivity (Wildman–Crippen MR) is 80.2 cm³/mol. The SMILES string of the molecule is NNc1nc(C2COc3ccccc3C2)nc2c1CCC2. The molecule has 4 rings (SSSR count). The van der Waals surface area contributed by atoms with Crippen LogP contribution in [0.25, 0.3) is 0 Å². The molecule has 108 valence electrons. The molecule has 5 nitrogen and oxygen atoms in total. The minimum absolute atomic E-state index is 0.193. The molecule has 1 unspecified atom stereocenters. The van der Waals surface area contributed by atoms with Crippen LogP contribution in [-0.2, 0) is 19.3 Å². The van der Waals surface area contributed by atoms with Crippen molar-refractivity contribution in [3.63, 3.8) is 0 Å². The van der Waals surface area contributed by atoms with E-state index in [4.69, 9.17) is 15.6 Å². The van der Waals surface area contributed by atoms with Crippen molar-refractivity contribution in [2.24, 2.45) is 5.84 Å². The van der Waals surface area contributed by atoms with Gasteiger partial charge in [0.15, 0.2) is 0 Å². The van der Waals surface area contributed by atoms with E-state index in [1.165, 1.54) is 11.1 Å². The topological polar surface area (TPSA) is 73.1 Å². The lowest BCUT2D eigenvalue weighted by molar-refractivity contribution is 0.257. The molecule has 0 saturated heterocycles. The lowest BCUT2D eigenvalue weighted by Crippen LogP contribution is -2.23. The molecule has 1 aliphatic heterocycles. The average Bonchev–Trinajstić information content (AvgIpc) is 3.02. The Morgan fingerprint density at radius 2 is 2.10 bits per heavy atom. The van der Waals surface area contributed by atoms with Crippen LogP contribution in [0.4, 0.5) is 5.82 Å². The Labute approximate surface area is 123 Å². The summed E-state index contributed by atoms with van der Waals surface area (Å²) >= 11 is 0. The number of anilines is 1. The summed E-state index contributed by atoms with van der Waals surface area (Å²) in [6, 6.07) is 8.17. The molecular formula is C16H18N4O. The molecule has 0 spiro atoms. The Bertz CT molecular complexity index is 686. The normalized spacial score (nSPS) is 19.6. The second kappa shape index (κ2) is 5.00. The summed E-state index contributed by atoms with van der Waals surface area (Å²) in [5.41, 5.74) is 6.28. The zero-order valence-electron chi connectivity index (χ0n) is 11.8. The van der Waals surface area contributed by atoms with Crippen molar-refractivity contribution in [3.8, 4) is 5.75 Å². The van der Waals surface area contributed by atoms with Crippen LogP contribution < -0.4 is 16.0 Å². The van der Waals surface area contributed by atoms with Gasteiger partial charge in [-0.15, -0.1) is 0 Å². The quantitative estimate of drug-likeness (QED) is 0.651. The van der Waals surface area contributed by atoms with E-state index >= 15 is 0 Å². The number of nitrogens with zero attached hydrogens (tertiary/aromatic N) is 2. The molecule has 2 heterocycles. The maximum atomic E-state index is 5.85. The van der Waals surface area contributed by atoms with Gasteiger partial charge in [0.1, 0.15) is 17.4 Å². The lowest BCUT2D eigenvalue weighted by Gasteiger charge is -2.25. The fraction of sp³-hybridized carbons (Fsp3) is 0.375. The smallest absolute Gasteiger partial charge is 0.147 e. The third-order valence-electron chi connectivity index (χ3n) is 4.33. The minimum atomic E-state index is 0.193. The maximum Gasteiger partial charge on any atom is 0.147 e. The summed E-state index contributed by atoms with van der Waals surface area (Å²) in [6.07, 6.45) is 4.08. The number of hydrogen-bond donors (Lipinski definition) is 2. The number of nitrogens with two attached hydrogens (primary N) is 1. The van der Waals surface area contributed by atoms with Crippen LogP contribution >= 0.6 is 0 Å². The van der Waals surface area contributed by atoms with Crippen molar-refractivity contribution >= 4 is 5.82 Å². The van der Waals surface area contributed by atoms with Crippen molar-refractivity contribution in [1.29, 1.82) is 0 Å². The number of fused-ring (bicyclic) bond motifs is 2. The molecule has 0 bridgehead atoms. The van der Waals surface area contributed by atoms with Gasteiger partial charge in [-0.2, -0.15) is 0 Å². The summed E-state index contributed by atoms with van der Waals surface area (Å²) in [7, 11) is 0. The van der Waals surface area contributed by atoms with Crippen LogP contribution in [-0.4, -0.2) is 16.6 Å². The highest BCUT2D eigenvalue weighted by atomic mass is 16.5. The standard InChI is InChI=1S/C16H18N4O/c17-20-16-12-5-3-6-13(12)18-15(19-16)11-8-10-4-1-2-7-14(10)21-9-11/h1-2,4,7,11H,3,5-6,8-9,17H2,(H,18,19,20). The van der Waals surface area contributed by atoms with Gasteiger partial charge in [0.05, 0.1) is 12.5 Å². The fourth-order valence-electron chi connectivity index (χ4n) is 3.25. The van der Waals surface area contributed by atoms with Gasteiger partial charge in [-0.3, -0.25) is 0 Å². The zero-order chi connectivity index (χ0) is 14.2. The van der Waals surface area contributed by atoms with Crippen LogP contribution in [0.15, 0.2) is 24.3 Å². The highest BCUT2D eigenvalue weighted by Crippen LogP contribution is 2.33. The van der Waals surface area contributed by atoms with Crippen molar-refractivity contribution < 1.29 is 4.74 Å². The maximum absolute atomic E-state index is 5.85. The van der Waals surface area contributed by atoms with Gasteiger partial charge in [0.2, 0.25) is 0 Å². The first-order valence-electron chi connectivity index (χ1n) is 7.42. The number of aryl methyl sites for hydroxylation is 1. The van der Waals surface area contributed by atoms with Gasteiger partial charge in [0, 0.05) is 11.3 Å². The largest absolute Gasteiger partial charge is 0.493 e. The molecule has 1 aliphatic carbocycles. The number of hydrazine groups is 1.